The molecule has 2 rings (SSSR count). The number of anilines is 1. The van der Waals surface area contributed by atoms with E-state index in [9.17, 15) is 4.79 Å². The number of fused-ring (bicyclic) bond motifs is 1. The van der Waals surface area contributed by atoms with Crippen LogP contribution in [0.5, 0.6) is 5.75 Å². The maximum absolute atomic E-state index is 11.2. The van der Waals surface area contributed by atoms with Crippen molar-refractivity contribution in [1.82, 2.24) is 5.32 Å². The van der Waals surface area contributed by atoms with Crippen LogP contribution < -0.4 is 15.4 Å². The molecule has 1 aliphatic rings. The number of carbonyl (C=O) groups is 1. The van der Waals surface area contributed by atoms with Crippen molar-refractivity contribution in [3.05, 3.63) is 23.8 Å². The fraction of sp³-hybridized carbons (Fsp3) is 0.500. The third-order valence-electron chi connectivity index (χ3n) is 2.86. The minimum Gasteiger partial charge on any atom is -0.482 e. The summed E-state index contributed by atoms with van der Waals surface area (Å²) in [5.41, 5.74) is 1.82. The lowest BCUT2D eigenvalue weighted by Gasteiger charge is -2.18. The highest BCUT2D eigenvalue weighted by atomic mass is 16.5. The summed E-state index contributed by atoms with van der Waals surface area (Å²) >= 11 is 0. The lowest BCUT2D eigenvalue weighted by Crippen LogP contribution is -2.25. The van der Waals surface area contributed by atoms with Gasteiger partial charge in [0.15, 0.2) is 6.61 Å². The second kappa shape index (κ2) is 7.84. The molecule has 0 spiro atoms. The number of methoxy groups -OCH3 is 1. The molecule has 0 unspecified atom stereocenters. The Labute approximate surface area is 118 Å². The highest BCUT2D eigenvalue weighted by Crippen LogP contribution is 2.28. The van der Waals surface area contributed by atoms with Gasteiger partial charge in [-0.15, -0.1) is 0 Å². The minimum atomic E-state index is -0.117. The van der Waals surface area contributed by atoms with Crippen molar-refractivity contribution >= 4 is 11.6 Å². The largest absolute Gasteiger partial charge is 0.482 e. The lowest BCUT2D eigenvalue weighted by molar-refractivity contribution is -0.118. The van der Waals surface area contributed by atoms with Crippen LogP contribution in [0.2, 0.25) is 0 Å². The molecule has 1 heterocycles. The summed E-state index contributed by atoms with van der Waals surface area (Å²) in [4.78, 5) is 11.2. The molecule has 1 aromatic carbocycles. The molecule has 0 radical (unpaired) electrons. The van der Waals surface area contributed by atoms with E-state index in [1.807, 2.05) is 18.2 Å². The van der Waals surface area contributed by atoms with Crippen LogP contribution in [0.3, 0.4) is 0 Å². The first-order valence-electron chi connectivity index (χ1n) is 6.62. The average Bonchev–Trinajstić information content (AvgIpc) is 2.46. The quantitative estimate of drug-likeness (QED) is 0.688. The van der Waals surface area contributed by atoms with E-state index >= 15 is 0 Å². The molecule has 0 bridgehead atoms. The molecule has 0 fully saturated rings. The van der Waals surface area contributed by atoms with E-state index < -0.39 is 0 Å². The lowest BCUT2D eigenvalue weighted by atomic mass is 10.1. The monoisotopic (exact) mass is 280 g/mol. The predicted molar refractivity (Wildman–Crippen MR) is 75.0 cm³/mol. The summed E-state index contributed by atoms with van der Waals surface area (Å²) in [5, 5.41) is 6.07. The summed E-state index contributed by atoms with van der Waals surface area (Å²) < 4.78 is 15.5. The molecular formula is C14H20N2O4. The van der Waals surface area contributed by atoms with Crippen LogP contribution in [0.1, 0.15) is 5.56 Å². The fourth-order valence-corrected chi connectivity index (χ4v) is 1.86. The minimum absolute atomic E-state index is 0.0867. The second-order valence-electron chi connectivity index (χ2n) is 4.45. The fourth-order valence-electron chi connectivity index (χ4n) is 1.86. The Balaban J connectivity index is 1.71. The molecule has 110 valence electrons. The van der Waals surface area contributed by atoms with E-state index in [4.69, 9.17) is 14.2 Å². The van der Waals surface area contributed by atoms with Gasteiger partial charge in [-0.1, -0.05) is 6.07 Å². The SMILES string of the molecule is COCCOCCNCc1ccc2c(c1)NC(=O)CO2. The van der Waals surface area contributed by atoms with Crippen molar-refractivity contribution in [3.8, 4) is 5.75 Å². The zero-order valence-corrected chi connectivity index (χ0v) is 11.6. The van der Waals surface area contributed by atoms with Crippen molar-refractivity contribution in [2.45, 2.75) is 6.54 Å². The van der Waals surface area contributed by atoms with Gasteiger partial charge in [0.05, 0.1) is 25.5 Å². The van der Waals surface area contributed by atoms with Crippen LogP contribution in [0.15, 0.2) is 18.2 Å². The average molecular weight is 280 g/mol. The van der Waals surface area contributed by atoms with Gasteiger partial charge in [0.2, 0.25) is 0 Å². The predicted octanol–water partition coefficient (Wildman–Crippen LogP) is 0.770. The van der Waals surface area contributed by atoms with Gasteiger partial charge in [-0.3, -0.25) is 4.79 Å². The van der Waals surface area contributed by atoms with Crippen LogP contribution in [-0.4, -0.2) is 46.0 Å². The van der Waals surface area contributed by atoms with Gasteiger partial charge in [0, 0.05) is 20.2 Å². The van der Waals surface area contributed by atoms with Gasteiger partial charge in [-0.25, -0.2) is 0 Å². The van der Waals surface area contributed by atoms with E-state index in [0.717, 1.165) is 30.1 Å². The van der Waals surface area contributed by atoms with Crippen molar-refractivity contribution in [1.29, 1.82) is 0 Å². The molecule has 1 aliphatic heterocycles. The third kappa shape index (κ3) is 4.48. The van der Waals surface area contributed by atoms with Crippen LogP contribution >= 0.6 is 0 Å². The number of amides is 1. The van der Waals surface area contributed by atoms with E-state index in [1.165, 1.54) is 0 Å². The number of hydrogen-bond acceptors (Lipinski definition) is 5. The molecule has 6 heteroatoms. The Morgan fingerprint density at radius 1 is 1.35 bits per heavy atom. The van der Waals surface area contributed by atoms with Gasteiger partial charge >= 0.3 is 0 Å². The maximum atomic E-state index is 11.2. The number of benzene rings is 1. The molecule has 0 aliphatic carbocycles. The zero-order valence-electron chi connectivity index (χ0n) is 11.6. The van der Waals surface area contributed by atoms with Gasteiger partial charge < -0.3 is 24.8 Å². The van der Waals surface area contributed by atoms with Crippen LogP contribution in [0.4, 0.5) is 5.69 Å². The van der Waals surface area contributed by atoms with Crippen molar-refractivity contribution in [2.75, 3.05) is 45.4 Å². The molecular weight excluding hydrogens is 260 g/mol. The second-order valence-corrected chi connectivity index (χ2v) is 4.45. The maximum Gasteiger partial charge on any atom is 0.262 e. The van der Waals surface area contributed by atoms with Gasteiger partial charge in [0.1, 0.15) is 5.75 Å². The molecule has 0 saturated carbocycles. The standard InChI is InChI=1S/C14H20N2O4/c1-18-6-7-19-5-4-15-9-11-2-3-13-12(8-11)16-14(17)10-20-13/h2-3,8,15H,4-7,9-10H2,1H3,(H,16,17). The summed E-state index contributed by atoms with van der Waals surface area (Å²) in [6, 6.07) is 5.78. The molecule has 0 atom stereocenters. The molecule has 0 aromatic heterocycles. The van der Waals surface area contributed by atoms with Gasteiger partial charge in [-0.2, -0.15) is 0 Å². The van der Waals surface area contributed by atoms with E-state index in [2.05, 4.69) is 10.6 Å². The van der Waals surface area contributed by atoms with E-state index in [-0.39, 0.29) is 12.5 Å². The third-order valence-corrected chi connectivity index (χ3v) is 2.86. The number of nitrogens with one attached hydrogen (secondary N) is 2. The Morgan fingerprint density at radius 3 is 3.10 bits per heavy atom. The first-order chi connectivity index (χ1) is 9.79. The molecule has 2 N–H and O–H groups in total. The Bertz CT molecular complexity index is 451. The smallest absolute Gasteiger partial charge is 0.262 e. The number of carbonyl (C=O) groups excluding carboxylic acids is 1. The summed E-state index contributed by atoms with van der Waals surface area (Å²) in [6.45, 7) is 3.45. The highest BCUT2D eigenvalue weighted by Gasteiger charge is 2.15. The van der Waals surface area contributed by atoms with E-state index in [1.54, 1.807) is 7.11 Å². The van der Waals surface area contributed by atoms with Crippen molar-refractivity contribution in [2.24, 2.45) is 0 Å². The number of ether oxygens (including phenoxy) is 3. The van der Waals surface area contributed by atoms with Crippen molar-refractivity contribution in [3.63, 3.8) is 0 Å². The first kappa shape index (κ1) is 14.8. The highest BCUT2D eigenvalue weighted by molar-refractivity contribution is 5.95. The molecule has 0 saturated heterocycles. The normalized spacial score (nSPS) is 13.6. The van der Waals surface area contributed by atoms with Crippen molar-refractivity contribution < 1.29 is 19.0 Å². The van der Waals surface area contributed by atoms with Gasteiger partial charge in [0.25, 0.3) is 5.91 Å². The molecule has 1 amide bonds. The number of hydrogen-bond donors (Lipinski definition) is 2. The van der Waals surface area contributed by atoms with Crippen LogP contribution in [-0.2, 0) is 20.8 Å². The van der Waals surface area contributed by atoms with Crippen LogP contribution in [0, 0.1) is 0 Å². The Morgan fingerprint density at radius 2 is 2.25 bits per heavy atom. The topological polar surface area (TPSA) is 68.8 Å². The number of rotatable bonds is 8. The summed E-state index contributed by atoms with van der Waals surface area (Å²) in [7, 11) is 1.65. The van der Waals surface area contributed by atoms with Gasteiger partial charge in [-0.05, 0) is 17.7 Å². The molecule has 1 aromatic rings. The first-order valence-corrected chi connectivity index (χ1v) is 6.62. The summed E-state index contributed by atoms with van der Waals surface area (Å²) in [5.74, 6) is 0.602. The Hall–Kier alpha value is -1.63. The Kier molecular flexibility index (Phi) is 5.79. The van der Waals surface area contributed by atoms with E-state index in [0.29, 0.717) is 19.8 Å². The summed E-state index contributed by atoms with van der Waals surface area (Å²) in [6.07, 6.45) is 0. The molecule has 20 heavy (non-hydrogen) atoms. The zero-order chi connectivity index (χ0) is 14.2. The van der Waals surface area contributed by atoms with Crippen LogP contribution in [0.25, 0.3) is 0 Å². The molecule has 6 nitrogen and oxygen atoms in total.